The van der Waals surface area contributed by atoms with Crippen LogP contribution in [0.25, 0.3) is 21.9 Å². The molecule has 3 aromatic carbocycles. The SMILES string of the molecule is C=CC(C)N(C)Nc1cc(-c2ccc3ccccc3c2)ccc1C. The summed E-state index contributed by atoms with van der Waals surface area (Å²) in [4.78, 5) is 0. The zero-order valence-electron chi connectivity index (χ0n) is 14.6. The van der Waals surface area contributed by atoms with Crippen LogP contribution in [0, 0.1) is 6.92 Å². The van der Waals surface area contributed by atoms with Gasteiger partial charge in [0.05, 0.1) is 5.69 Å². The summed E-state index contributed by atoms with van der Waals surface area (Å²) >= 11 is 0. The number of anilines is 1. The van der Waals surface area contributed by atoms with Gasteiger partial charge >= 0.3 is 0 Å². The minimum atomic E-state index is 0.258. The molecule has 0 aliphatic carbocycles. The van der Waals surface area contributed by atoms with Crippen molar-refractivity contribution < 1.29 is 0 Å². The second-order valence-electron chi connectivity index (χ2n) is 6.29. The topological polar surface area (TPSA) is 15.3 Å². The summed E-state index contributed by atoms with van der Waals surface area (Å²) < 4.78 is 0. The number of likely N-dealkylation sites (N-methyl/N-ethyl adjacent to an activating group) is 1. The van der Waals surface area contributed by atoms with Crippen LogP contribution in [0.15, 0.2) is 73.3 Å². The Balaban J connectivity index is 1.95. The van der Waals surface area contributed by atoms with Gasteiger partial charge in [0.2, 0.25) is 0 Å². The summed E-state index contributed by atoms with van der Waals surface area (Å²) in [7, 11) is 2.04. The Bertz CT molecular complexity index is 867. The summed E-state index contributed by atoms with van der Waals surface area (Å²) in [5.41, 5.74) is 8.27. The third-order valence-corrected chi connectivity index (χ3v) is 4.57. The number of nitrogens with one attached hydrogen (secondary N) is 1. The maximum Gasteiger partial charge on any atom is 0.0525 e. The van der Waals surface area contributed by atoms with Crippen LogP contribution in [0.1, 0.15) is 12.5 Å². The minimum absolute atomic E-state index is 0.258. The summed E-state index contributed by atoms with van der Waals surface area (Å²) in [6, 6.07) is 21.9. The van der Waals surface area contributed by atoms with E-state index in [-0.39, 0.29) is 6.04 Å². The fourth-order valence-corrected chi connectivity index (χ4v) is 2.74. The molecule has 0 bridgehead atoms. The number of nitrogens with zero attached hydrogens (tertiary/aromatic N) is 1. The van der Waals surface area contributed by atoms with Gasteiger partial charge in [-0.15, -0.1) is 6.58 Å². The molecule has 3 rings (SSSR count). The van der Waals surface area contributed by atoms with Crippen molar-refractivity contribution >= 4 is 16.5 Å². The van der Waals surface area contributed by atoms with Crippen LogP contribution in [0.5, 0.6) is 0 Å². The molecule has 0 saturated carbocycles. The first kappa shape index (κ1) is 16.3. The number of rotatable bonds is 5. The van der Waals surface area contributed by atoms with E-state index in [1.54, 1.807) is 0 Å². The fourth-order valence-electron chi connectivity index (χ4n) is 2.74. The van der Waals surface area contributed by atoms with E-state index in [9.17, 15) is 0 Å². The molecule has 0 aromatic heterocycles. The van der Waals surface area contributed by atoms with Gasteiger partial charge in [0.25, 0.3) is 0 Å². The van der Waals surface area contributed by atoms with Gasteiger partial charge in [-0.2, -0.15) is 0 Å². The number of hydrogen-bond donors (Lipinski definition) is 1. The molecule has 0 fully saturated rings. The molecule has 0 amide bonds. The van der Waals surface area contributed by atoms with Crippen LogP contribution in [0.4, 0.5) is 5.69 Å². The second kappa shape index (κ2) is 6.90. The number of hydrazine groups is 1. The predicted octanol–water partition coefficient (Wildman–Crippen LogP) is 5.65. The van der Waals surface area contributed by atoms with Gasteiger partial charge in [-0.3, -0.25) is 0 Å². The maximum atomic E-state index is 3.86. The van der Waals surface area contributed by atoms with Gasteiger partial charge in [-0.05, 0) is 53.4 Å². The lowest BCUT2D eigenvalue weighted by molar-refractivity contribution is 0.358. The molecule has 0 radical (unpaired) electrons. The molecule has 1 N–H and O–H groups in total. The normalized spacial score (nSPS) is 12.3. The molecule has 0 aliphatic heterocycles. The van der Waals surface area contributed by atoms with Gasteiger partial charge in [0.15, 0.2) is 0 Å². The molecule has 0 saturated heterocycles. The average Bonchev–Trinajstić information content (AvgIpc) is 2.62. The van der Waals surface area contributed by atoms with Gasteiger partial charge < -0.3 is 5.43 Å². The largest absolute Gasteiger partial charge is 0.318 e. The van der Waals surface area contributed by atoms with Crippen LogP contribution < -0.4 is 5.43 Å². The summed E-state index contributed by atoms with van der Waals surface area (Å²) in [6.45, 7) is 8.10. The molecular formula is C22H24N2. The van der Waals surface area contributed by atoms with Crippen molar-refractivity contribution in [3.63, 3.8) is 0 Å². The van der Waals surface area contributed by atoms with Crippen LogP contribution in [-0.2, 0) is 0 Å². The quantitative estimate of drug-likeness (QED) is 0.483. The molecule has 1 atom stereocenters. The highest BCUT2D eigenvalue weighted by Gasteiger charge is 2.08. The Labute approximate surface area is 144 Å². The highest BCUT2D eigenvalue weighted by Crippen LogP contribution is 2.28. The van der Waals surface area contributed by atoms with Crippen LogP contribution >= 0.6 is 0 Å². The Morgan fingerprint density at radius 1 is 0.958 bits per heavy atom. The van der Waals surface area contributed by atoms with Crippen molar-refractivity contribution in [1.29, 1.82) is 0 Å². The highest BCUT2D eigenvalue weighted by molar-refractivity contribution is 5.87. The first-order valence-corrected chi connectivity index (χ1v) is 8.30. The number of hydrogen-bond acceptors (Lipinski definition) is 2. The molecule has 0 spiro atoms. The first-order chi connectivity index (χ1) is 11.6. The van der Waals surface area contributed by atoms with Gasteiger partial charge in [0, 0.05) is 13.1 Å². The summed E-state index contributed by atoms with van der Waals surface area (Å²) in [6.07, 6.45) is 1.93. The smallest absolute Gasteiger partial charge is 0.0525 e. The van der Waals surface area contributed by atoms with Gasteiger partial charge in [-0.25, -0.2) is 5.01 Å². The van der Waals surface area contributed by atoms with Crippen LogP contribution in [0.2, 0.25) is 0 Å². The van der Waals surface area contributed by atoms with Gasteiger partial charge in [0.1, 0.15) is 0 Å². The molecule has 2 heteroatoms. The molecule has 0 heterocycles. The summed E-state index contributed by atoms with van der Waals surface area (Å²) in [5, 5.41) is 4.60. The Morgan fingerprint density at radius 2 is 1.62 bits per heavy atom. The predicted molar refractivity (Wildman–Crippen MR) is 105 cm³/mol. The maximum absolute atomic E-state index is 3.86. The average molecular weight is 316 g/mol. The lowest BCUT2D eigenvalue weighted by atomic mass is 9.99. The second-order valence-corrected chi connectivity index (χ2v) is 6.29. The zero-order chi connectivity index (χ0) is 17.1. The van der Waals surface area contributed by atoms with Crippen LogP contribution in [-0.4, -0.2) is 18.1 Å². The van der Waals surface area contributed by atoms with Crippen molar-refractivity contribution in [3.05, 3.63) is 78.9 Å². The molecule has 2 nitrogen and oxygen atoms in total. The van der Waals surface area contributed by atoms with Crippen molar-refractivity contribution in [2.24, 2.45) is 0 Å². The van der Waals surface area contributed by atoms with E-state index in [1.165, 1.54) is 27.5 Å². The summed E-state index contributed by atoms with van der Waals surface area (Å²) in [5.74, 6) is 0. The van der Waals surface area contributed by atoms with Crippen molar-refractivity contribution in [2.45, 2.75) is 19.9 Å². The number of fused-ring (bicyclic) bond motifs is 1. The monoisotopic (exact) mass is 316 g/mol. The highest BCUT2D eigenvalue weighted by atomic mass is 15.5. The van der Waals surface area contributed by atoms with E-state index in [1.807, 2.05) is 13.1 Å². The van der Waals surface area contributed by atoms with E-state index in [0.717, 1.165) is 5.69 Å². The zero-order valence-corrected chi connectivity index (χ0v) is 14.6. The van der Waals surface area contributed by atoms with E-state index >= 15 is 0 Å². The molecule has 3 aromatic rings. The molecule has 0 aliphatic rings. The third kappa shape index (κ3) is 3.34. The Morgan fingerprint density at radius 3 is 2.38 bits per heavy atom. The van der Waals surface area contributed by atoms with Crippen molar-refractivity contribution in [3.8, 4) is 11.1 Å². The standard InChI is InChI=1S/C22H24N2/c1-5-17(3)24(4)23-22-15-21(11-10-16(22)2)20-13-12-18-8-6-7-9-19(18)14-20/h5-15,17,23H,1H2,2-4H3. The lowest BCUT2D eigenvalue weighted by Gasteiger charge is -2.25. The number of aryl methyl sites for hydroxylation is 1. The molecular weight excluding hydrogens is 292 g/mol. The van der Waals surface area contributed by atoms with Crippen LogP contribution in [0.3, 0.4) is 0 Å². The first-order valence-electron chi connectivity index (χ1n) is 8.30. The molecule has 122 valence electrons. The third-order valence-electron chi connectivity index (χ3n) is 4.57. The fraction of sp³-hybridized carbons (Fsp3) is 0.182. The van der Waals surface area contributed by atoms with E-state index in [0.29, 0.717) is 0 Å². The van der Waals surface area contributed by atoms with E-state index in [4.69, 9.17) is 0 Å². The Kier molecular flexibility index (Phi) is 4.68. The Hall–Kier alpha value is -2.58. The van der Waals surface area contributed by atoms with Crippen molar-refractivity contribution in [1.82, 2.24) is 5.01 Å². The van der Waals surface area contributed by atoms with E-state index < -0.39 is 0 Å². The molecule has 24 heavy (non-hydrogen) atoms. The van der Waals surface area contributed by atoms with Gasteiger partial charge in [-0.1, -0.05) is 54.6 Å². The minimum Gasteiger partial charge on any atom is -0.318 e. The molecule has 1 unspecified atom stereocenters. The van der Waals surface area contributed by atoms with E-state index in [2.05, 4.69) is 91.5 Å². The van der Waals surface area contributed by atoms with Crippen molar-refractivity contribution in [2.75, 3.05) is 12.5 Å². The lowest BCUT2D eigenvalue weighted by Crippen LogP contribution is -2.33. The number of benzene rings is 3.